The molecule has 1 heterocycles. The van der Waals surface area contributed by atoms with Crippen LogP contribution in [-0.2, 0) is 14.8 Å². The van der Waals surface area contributed by atoms with Crippen LogP contribution in [0.5, 0.6) is 5.75 Å². The Balaban J connectivity index is 0.000000633. The average Bonchev–Trinajstić information content (AvgIpc) is 2.76. The summed E-state index contributed by atoms with van der Waals surface area (Å²) in [5.74, 6) is -2.52. The number of amides is 1. The molecule has 1 aliphatic heterocycles. The minimum Gasteiger partial charge on any atom is -0.496 e. The molecule has 1 amide bonds. The summed E-state index contributed by atoms with van der Waals surface area (Å²) in [4.78, 5) is 23.3. The summed E-state index contributed by atoms with van der Waals surface area (Å²) in [7, 11) is -1.84. The highest BCUT2D eigenvalue weighted by atomic mass is 32.2. The van der Waals surface area contributed by atoms with E-state index in [4.69, 9.17) is 14.6 Å². The smallest absolute Gasteiger partial charge is 0.490 e. The minimum absolute atomic E-state index is 0.0616. The normalized spacial score (nSPS) is 14.8. The molecule has 1 aliphatic rings. The summed E-state index contributed by atoms with van der Waals surface area (Å²) in [5.41, 5.74) is 0.457. The molecule has 13 heteroatoms. The average molecular weight is 484 g/mol. The van der Waals surface area contributed by atoms with Crippen molar-refractivity contribution in [2.24, 2.45) is 0 Å². The monoisotopic (exact) mass is 483 g/mol. The molecule has 0 spiro atoms. The van der Waals surface area contributed by atoms with Crippen molar-refractivity contribution in [2.75, 3.05) is 52.1 Å². The lowest BCUT2D eigenvalue weighted by atomic mass is 10.1. The zero-order valence-corrected chi connectivity index (χ0v) is 18.7. The van der Waals surface area contributed by atoms with Crippen molar-refractivity contribution in [1.29, 1.82) is 0 Å². The zero-order valence-electron chi connectivity index (χ0n) is 17.9. The summed E-state index contributed by atoms with van der Waals surface area (Å²) in [6.45, 7) is 4.95. The molecular weight excluding hydrogens is 455 g/mol. The van der Waals surface area contributed by atoms with Crippen LogP contribution in [0.3, 0.4) is 0 Å². The number of piperazine rings is 1. The van der Waals surface area contributed by atoms with Crippen LogP contribution < -0.4 is 10.1 Å². The number of benzene rings is 1. The SMILES string of the molecule is CCCN(CCS(=O)(=O)N1CCNCC1)C(=O)c1ccccc1OC.O=C(O)C(F)(F)F. The molecule has 1 aromatic carbocycles. The first kappa shape index (κ1) is 27.7. The maximum absolute atomic E-state index is 12.8. The molecule has 1 aromatic rings. The first-order chi connectivity index (χ1) is 14.9. The summed E-state index contributed by atoms with van der Waals surface area (Å²) in [6.07, 6.45) is -4.32. The molecule has 0 unspecified atom stereocenters. The molecule has 2 rings (SSSR count). The van der Waals surface area contributed by atoms with E-state index >= 15 is 0 Å². The van der Waals surface area contributed by atoms with Crippen LogP contribution in [0.25, 0.3) is 0 Å². The number of ether oxygens (including phenoxy) is 1. The molecular formula is C19H28F3N3O6S. The van der Waals surface area contributed by atoms with Gasteiger partial charge >= 0.3 is 12.1 Å². The molecule has 0 aromatic heterocycles. The Morgan fingerprint density at radius 3 is 2.25 bits per heavy atom. The van der Waals surface area contributed by atoms with E-state index in [1.807, 2.05) is 6.92 Å². The Hall–Kier alpha value is -2.38. The molecule has 0 bridgehead atoms. The van der Waals surface area contributed by atoms with Crippen molar-refractivity contribution in [2.45, 2.75) is 19.5 Å². The van der Waals surface area contributed by atoms with Crippen molar-refractivity contribution in [3.8, 4) is 5.75 Å². The second-order valence-electron chi connectivity index (χ2n) is 6.76. The highest BCUT2D eigenvalue weighted by molar-refractivity contribution is 7.89. The third-order valence-electron chi connectivity index (χ3n) is 4.45. The number of carboxylic acid groups (broad SMARTS) is 1. The van der Waals surface area contributed by atoms with E-state index in [0.29, 0.717) is 44.0 Å². The first-order valence-electron chi connectivity index (χ1n) is 9.85. The van der Waals surface area contributed by atoms with E-state index in [-0.39, 0.29) is 18.2 Å². The highest BCUT2D eigenvalue weighted by Gasteiger charge is 2.38. The van der Waals surface area contributed by atoms with E-state index in [9.17, 15) is 26.4 Å². The van der Waals surface area contributed by atoms with Gasteiger partial charge in [0.1, 0.15) is 5.75 Å². The molecule has 0 aliphatic carbocycles. The van der Waals surface area contributed by atoms with Crippen LogP contribution in [0.2, 0.25) is 0 Å². The van der Waals surface area contributed by atoms with Crippen LogP contribution in [0, 0.1) is 0 Å². The van der Waals surface area contributed by atoms with Crippen LogP contribution in [0.4, 0.5) is 13.2 Å². The number of carboxylic acids is 1. The van der Waals surface area contributed by atoms with E-state index < -0.39 is 22.2 Å². The molecule has 2 N–H and O–H groups in total. The van der Waals surface area contributed by atoms with Crippen LogP contribution in [-0.4, -0.2) is 92.9 Å². The number of para-hydroxylation sites is 1. The van der Waals surface area contributed by atoms with Gasteiger partial charge in [-0.3, -0.25) is 4.79 Å². The van der Waals surface area contributed by atoms with Gasteiger partial charge in [0.15, 0.2) is 0 Å². The Morgan fingerprint density at radius 1 is 1.19 bits per heavy atom. The van der Waals surface area contributed by atoms with Gasteiger partial charge in [0.25, 0.3) is 5.91 Å². The Labute approximate surface area is 185 Å². The van der Waals surface area contributed by atoms with Gasteiger partial charge in [-0.05, 0) is 18.6 Å². The number of alkyl halides is 3. The second kappa shape index (κ2) is 12.6. The van der Waals surface area contributed by atoms with E-state index in [1.54, 1.807) is 29.2 Å². The van der Waals surface area contributed by atoms with E-state index in [2.05, 4.69) is 5.32 Å². The van der Waals surface area contributed by atoms with Gasteiger partial charge in [0.2, 0.25) is 10.0 Å². The highest BCUT2D eigenvalue weighted by Crippen LogP contribution is 2.20. The number of sulfonamides is 1. The van der Waals surface area contributed by atoms with E-state index in [0.717, 1.165) is 6.42 Å². The van der Waals surface area contributed by atoms with Gasteiger partial charge in [-0.25, -0.2) is 13.2 Å². The molecule has 32 heavy (non-hydrogen) atoms. The lowest BCUT2D eigenvalue weighted by molar-refractivity contribution is -0.192. The lowest BCUT2D eigenvalue weighted by Gasteiger charge is -2.28. The fourth-order valence-corrected chi connectivity index (χ4v) is 4.30. The second-order valence-corrected chi connectivity index (χ2v) is 8.85. The van der Waals surface area contributed by atoms with Crippen molar-refractivity contribution in [3.05, 3.63) is 29.8 Å². The number of aliphatic carboxylic acids is 1. The quantitative estimate of drug-likeness (QED) is 0.574. The summed E-state index contributed by atoms with van der Waals surface area (Å²) < 4.78 is 63.5. The van der Waals surface area contributed by atoms with Gasteiger partial charge in [0, 0.05) is 39.3 Å². The minimum atomic E-state index is -5.08. The Bertz CT molecular complexity index is 858. The molecule has 9 nitrogen and oxygen atoms in total. The molecule has 0 saturated carbocycles. The van der Waals surface area contributed by atoms with Gasteiger partial charge in [0.05, 0.1) is 18.4 Å². The largest absolute Gasteiger partial charge is 0.496 e. The van der Waals surface area contributed by atoms with Crippen molar-refractivity contribution in [1.82, 2.24) is 14.5 Å². The summed E-state index contributed by atoms with van der Waals surface area (Å²) in [6, 6.07) is 7.01. The number of carbonyl (C=O) groups excluding carboxylic acids is 1. The zero-order chi connectivity index (χ0) is 24.4. The standard InChI is InChI=1S/C17H27N3O4S.C2HF3O2/c1-3-10-19(17(21)15-6-4-5-7-16(15)24-2)13-14-25(22,23)20-11-8-18-9-12-20;3-2(4,5)1(6)7/h4-7,18H,3,8-14H2,1-2H3;(H,6,7). The van der Waals surface area contributed by atoms with E-state index in [1.165, 1.54) is 11.4 Å². The molecule has 1 fully saturated rings. The lowest BCUT2D eigenvalue weighted by Crippen LogP contribution is -2.48. The predicted molar refractivity (Wildman–Crippen MR) is 111 cm³/mol. The first-order valence-corrected chi connectivity index (χ1v) is 11.5. The maximum atomic E-state index is 12.8. The number of methoxy groups -OCH3 is 1. The fraction of sp³-hybridized carbons (Fsp3) is 0.579. The molecule has 182 valence electrons. The number of hydrogen-bond acceptors (Lipinski definition) is 6. The number of carbonyl (C=O) groups is 2. The topological polar surface area (TPSA) is 116 Å². The number of nitrogens with one attached hydrogen (secondary N) is 1. The molecule has 1 saturated heterocycles. The van der Waals surface area contributed by atoms with Crippen molar-refractivity contribution < 1.29 is 41.0 Å². The van der Waals surface area contributed by atoms with Gasteiger partial charge < -0.3 is 20.1 Å². The summed E-state index contributed by atoms with van der Waals surface area (Å²) in [5, 5.41) is 10.3. The number of hydrogen-bond donors (Lipinski definition) is 2. The van der Waals surface area contributed by atoms with Crippen LogP contribution in [0.15, 0.2) is 24.3 Å². The Kier molecular flexibility index (Phi) is 10.9. The van der Waals surface area contributed by atoms with Gasteiger partial charge in [-0.2, -0.15) is 17.5 Å². The fourth-order valence-electron chi connectivity index (χ4n) is 2.85. The predicted octanol–water partition coefficient (Wildman–Crippen LogP) is 1.42. The Morgan fingerprint density at radius 2 is 1.75 bits per heavy atom. The van der Waals surface area contributed by atoms with Crippen LogP contribution in [0.1, 0.15) is 23.7 Å². The molecule has 0 radical (unpaired) electrons. The van der Waals surface area contributed by atoms with Gasteiger partial charge in [-0.1, -0.05) is 19.1 Å². The maximum Gasteiger partial charge on any atom is 0.490 e. The van der Waals surface area contributed by atoms with Crippen molar-refractivity contribution in [3.63, 3.8) is 0 Å². The van der Waals surface area contributed by atoms with Crippen LogP contribution >= 0.6 is 0 Å². The number of halogens is 3. The van der Waals surface area contributed by atoms with Crippen molar-refractivity contribution >= 4 is 21.9 Å². The number of nitrogens with zero attached hydrogens (tertiary/aromatic N) is 2. The third kappa shape index (κ3) is 8.63. The summed E-state index contributed by atoms with van der Waals surface area (Å²) >= 11 is 0. The molecule has 0 atom stereocenters. The number of rotatable bonds is 8. The van der Waals surface area contributed by atoms with Gasteiger partial charge in [-0.15, -0.1) is 0 Å². The third-order valence-corrected chi connectivity index (χ3v) is 6.30.